The van der Waals surface area contributed by atoms with E-state index in [1.165, 1.54) is 32.2 Å². The van der Waals surface area contributed by atoms with Crippen molar-refractivity contribution in [2.75, 3.05) is 20.3 Å². The first kappa shape index (κ1) is 17.1. The van der Waals surface area contributed by atoms with Crippen LogP contribution in [0.5, 0.6) is 0 Å². The fourth-order valence-electron chi connectivity index (χ4n) is 2.06. The number of carboxylic acid groups (broad SMARTS) is 1. The number of hydrogen-bond donors (Lipinski definition) is 1. The molecule has 0 fully saturated rings. The molecule has 21 heavy (non-hydrogen) atoms. The normalized spacial score (nSPS) is 13.0. The summed E-state index contributed by atoms with van der Waals surface area (Å²) in [5.74, 6) is -0.879. The Bertz CT molecular complexity index is 432. The Morgan fingerprint density at radius 1 is 1.14 bits per heavy atom. The molecule has 1 aliphatic heterocycles. The first-order chi connectivity index (χ1) is 10.1. The van der Waals surface area contributed by atoms with Gasteiger partial charge >= 0.3 is 5.97 Å². The van der Waals surface area contributed by atoms with E-state index in [0.717, 1.165) is 6.67 Å². The lowest BCUT2D eigenvalue weighted by Gasteiger charge is -2.17. The van der Waals surface area contributed by atoms with Crippen molar-refractivity contribution >= 4 is 5.97 Å². The van der Waals surface area contributed by atoms with Gasteiger partial charge in [0.2, 0.25) is 0 Å². The Balaban J connectivity index is 0.000000219. The number of unbranched alkanes of at least 4 members (excludes halogenated alkanes) is 3. The fraction of sp³-hybridized carbons (Fsp3) is 0.471. The van der Waals surface area contributed by atoms with E-state index in [1.54, 1.807) is 30.3 Å². The van der Waals surface area contributed by atoms with Crippen LogP contribution in [0, 0.1) is 0 Å². The number of carbonyl (C=O) groups is 1. The van der Waals surface area contributed by atoms with Gasteiger partial charge in [0, 0.05) is 26.0 Å². The molecule has 0 unspecified atom stereocenters. The molecule has 0 saturated heterocycles. The molecule has 0 bridgehead atoms. The molecule has 0 amide bonds. The molecule has 1 aromatic rings. The van der Waals surface area contributed by atoms with Crippen molar-refractivity contribution in [2.45, 2.75) is 32.6 Å². The molecule has 0 aliphatic carbocycles. The molecule has 0 saturated carbocycles. The minimum absolute atomic E-state index is 0.331. The first-order valence-corrected chi connectivity index (χ1v) is 7.54. The maximum absolute atomic E-state index is 10.2. The highest BCUT2D eigenvalue weighted by molar-refractivity contribution is 5.87. The minimum atomic E-state index is -0.879. The monoisotopic (exact) mass is 290 g/mol. The van der Waals surface area contributed by atoms with Gasteiger partial charge in [-0.2, -0.15) is 0 Å². The van der Waals surface area contributed by atoms with E-state index in [9.17, 15) is 4.79 Å². The molecular weight excluding hydrogens is 264 g/mol. The van der Waals surface area contributed by atoms with E-state index in [1.807, 2.05) is 0 Å². The van der Waals surface area contributed by atoms with Gasteiger partial charge in [-0.25, -0.2) is 4.79 Å². The SMILES string of the molecule is CCCCCCN1C=CN(C)C1.O=C(O)c1ccccc1. The zero-order chi connectivity index (χ0) is 15.5. The van der Waals surface area contributed by atoms with Crippen LogP contribution < -0.4 is 0 Å². The molecule has 1 heterocycles. The smallest absolute Gasteiger partial charge is 0.335 e. The predicted molar refractivity (Wildman–Crippen MR) is 86.0 cm³/mol. The van der Waals surface area contributed by atoms with Crippen LogP contribution in [0.3, 0.4) is 0 Å². The van der Waals surface area contributed by atoms with E-state index in [4.69, 9.17) is 5.11 Å². The first-order valence-electron chi connectivity index (χ1n) is 7.54. The van der Waals surface area contributed by atoms with Crippen molar-refractivity contribution in [3.8, 4) is 0 Å². The number of aromatic carboxylic acids is 1. The summed E-state index contributed by atoms with van der Waals surface area (Å²) in [6.45, 7) is 4.55. The zero-order valence-corrected chi connectivity index (χ0v) is 13.0. The van der Waals surface area contributed by atoms with Crippen LogP contribution in [0.25, 0.3) is 0 Å². The average molecular weight is 290 g/mol. The topological polar surface area (TPSA) is 43.8 Å². The highest BCUT2D eigenvalue weighted by Crippen LogP contribution is 2.06. The van der Waals surface area contributed by atoms with Gasteiger partial charge in [-0.15, -0.1) is 0 Å². The van der Waals surface area contributed by atoms with Gasteiger partial charge in [0.25, 0.3) is 0 Å². The third-order valence-electron chi connectivity index (χ3n) is 3.26. The lowest BCUT2D eigenvalue weighted by atomic mass is 10.2. The molecule has 0 radical (unpaired) electrons. The largest absolute Gasteiger partial charge is 0.478 e. The lowest BCUT2D eigenvalue weighted by molar-refractivity contribution is 0.0697. The van der Waals surface area contributed by atoms with Crippen molar-refractivity contribution in [1.82, 2.24) is 9.80 Å². The molecule has 1 aliphatic rings. The van der Waals surface area contributed by atoms with E-state index < -0.39 is 5.97 Å². The van der Waals surface area contributed by atoms with Crippen molar-refractivity contribution < 1.29 is 9.90 Å². The highest BCUT2D eigenvalue weighted by atomic mass is 16.4. The summed E-state index contributed by atoms with van der Waals surface area (Å²) in [5.41, 5.74) is 0.331. The molecule has 4 heteroatoms. The summed E-state index contributed by atoms with van der Waals surface area (Å²) in [5, 5.41) is 8.38. The Kier molecular flexibility index (Phi) is 8.02. The lowest BCUT2D eigenvalue weighted by Crippen LogP contribution is -2.23. The van der Waals surface area contributed by atoms with Gasteiger partial charge < -0.3 is 14.9 Å². The van der Waals surface area contributed by atoms with Crippen LogP contribution in [0.1, 0.15) is 43.0 Å². The van der Waals surface area contributed by atoms with Crippen LogP contribution in [-0.2, 0) is 0 Å². The Hall–Kier alpha value is -1.97. The number of nitrogens with zero attached hydrogens (tertiary/aromatic N) is 2. The van der Waals surface area contributed by atoms with Crippen LogP contribution in [0.15, 0.2) is 42.7 Å². The van der Waals surface area contributed by atoms with Gasteiger partial charge in [-0.05, 0) is 18.6 Å². The van der Waals surface area contributed by atoms with Crippen molar-refractivity contribution in [1.29, 1.82) is 0 Å². The van der Waals surface area contributed by atoms with E-state index in [-0.39, 0.29) is 0 Å². The number of rotatable bonds is 6. The molecule has 0 atom stereocenters. The summed E-state index contributed by atoms with van der Waals surface area (Å²) in [6.07, 6.45) is 9.76. The summed E-state index contributed by atoms with van der Waals surface area (Å²) in [7, 11) is 2.11. The van der Waals surface area contributed by atoms with Crippen LogP contribution in [0.4, 0.5) is 0 Å². The number of benzene rings is 1. The molecule has 0 aromatic heterocycles. The van der Waals surface area contributed by atoms with Crippen LogP contribution in [0.2, 0.25) is 0 Å². The summed E-state index contributed by atoms with van der Waals surface area (Å²) in [4.78, 5) is 14.8. The van der Waals surface area contributed by atoms with E-state index in [2.05, 4.69) is 36.2 Å². The van der Waals surface area contributed by atoms with Gasteiger partial charge in [0.1, 0.15) is 0 Å². The number of carboxylic acids is 1. The summed E-state index contributed by atoms with van der Waals surface area (Å²) in [6, 6.07) is 8.30. The Morgan fingerprint density at radius 3 is 2.33 bits per heavy atom. The van der Waals surface area contributed by atoms with Crippen LogP contribution in [-0.4, -0.2) is 41.1 Å². The Labute approximate surface area is 127 Å². The predicted octanol–water partition coefficient (Wildman–Crippen LogP) is 3.63. The second kappa shape index (κ2) is 9.86. The van der Waals surface area contributed by atoms with Crippen LogP contribution >= 0.6 is 0 Å². The quantitative estimate of drug-likeness (QED) is 0.813. The zero-order valence-electron chi connectivity index (χ0n) is 13.0. The molecule has 1 N–H and O–H groups in total. The second-order valence-electron chi connectivity index (χ2n) is 5.24. The molecule has 1 aromatic carbocycles. The molecule has 2 rings (SSSR count). The molecule has 116 valence electrons. The van der Waals surface area contributed by atoms with Gasteiger partial charge in [-0.1, -0.05) is 44.4 Å². The molecule has 4 nitrogen and oxygen atoms in total. The standard InChI is InChI=1S/C10H20N2.C7H6O2/c1-3-4-5-6-7-12-9-8-11(2)10-12;8-7(9)6-4-2-1-3-5-6/h8-9H,3-7,10H2,1-2H3;1-5H,(H,8,9). The fourth-order valence-corrected chi connectivity index (χ4v) is 2.06. The van der Waals surface area contributed by atoms with E-state index >= 15 is 0 Å². The second-order valence-corrected chi connectivity index (χ2v) is 5.24. The van der Waals surface area contributed by atoms with Gasteiger partial charge in [0.15, 0.2) is 0 Å². The van der Waals surface area contributed by atoms with E-state index in [0.29, 0.717) is 5.56 Å². The van der Waals surface area contributed by atoms with Crippen molar-refractivity contribution in [3.05, 3.63) is 48.3 Å². The van der Waals surface area contributed by atoms with Crippen molar-refractivity contribution in [2.24, 2.45) is 0 Å². The third kappa shape index (κ3) is 7.40. The molecule has 0 spiro atoms. The van der Waals surface area contributed by atoms with Gasteiger partial charge in [-0.3, -0.25) is 0 Å². The Morgan fingerprint density at radius 2 is 1.86 bits per heavy atom. The summed E-state index contributed by atoms with van der Waals surface area (Å²) < 4.78 is 0. The average Bonchev–Trinajstić information content (AvgIpc) is 2.91. The van der Waals surface area contributed by atoms with Crippen molar-refractivity contribution in [3.63, 3.8) is 0 Å². The third-order valence-corrected chi connectivity index (χ3v) is 3.26. The maximum atomic E-state index is 10.2. The maximum Gasteiger partial charge on any atom is 0.335 e. The molecular formula is C17H26N2O2. The highest BCUT2D eigenvalue weighted by Gasteiger charge is 2.06. The number of hydrogen-bond acceptors (Lipinski definition) is 3. The van der Waals surface area contributed by atoms with Gasteiger partial charge in [0.05, 0.1) is 12.2 Å². The summed E-state index contributed by atoms with van der Waals surface area (Å²) >= 11 is 0. The minimum Gasteiger partial charge on any atom is -0.478 e.